The van der Waals surface area contributed by atoms with Gasteiger partial charge in [0.15, 0.2) is 0 Å². The summed E-state index contributed by atoms with van der Waals surface area (Å²) in [5, 5.41) is 11.8. The van der Waals surface area contributed by atoms with E-state index in [-0.39, 0.29) is 18.0 Å². The van der Waals surface area contributed by atoms with Gasteiger partial charge in [-0.25, -0.2) is 13.1 Å². The maximum Gasteiger partial charge on any atom is 0.240 e. The molecule has 6 heteroatoms. The van der Waals surface area contributed by atoms with Crippen LogP contribution in [0.2, 0.25) is 0 Å². The van der Waals surface area contributed by atoms with Gasteiger partial charge in [-0.1, -0.05) is 18.2 Å². The first-order valence-electron chi connectivity index (χ1n) is 6.14. The van der Waals surface area contributed by atoms with E-state index in [4.69, 9.17) is 5.11 Å². The number of hydrogen-bond donors (Lipinski definition) is 3. The largest absolute Gasteiger partial charge is 0.395 e. The summed E-state index contributed by atoms with van der Waals surface area (Å²) in [5.41, 5.74) is 1.74. The van der Waals surface area contributed by atoms with Gasteiger partial charge in [-0.15, -0.1) is 0 Å². The third-order valence-electron chi connectivity index (χ3n) is 2.63. The highest BCUT2D eigenvalue weighted by molar-refractivity contribution is 7.89. The van der Waals surface area contributed by atoms with Crippen molar-refractivity contribution < 1.29 is 13.5 Å². The molecule has 0 radical (unpaired) electrons. The molecule has 0 bridgehead atoms. The molecule has 2 aromatic carbocycles. The van der Waals surface area contributed by atoms with Crippen LogP contribution in [-0.4, -0.2) is 26.7 Å². The lowest BCUT2D eigenvalue weighted by Gasteiger charge is -2.08. The number of rotatable bonds is 6. The predicted molar refractivity (Wildman–Crippen MR) is 78.4 cm³/mol. The van der Waals surface area contributed by atoms with Crippen molar-refractivity contribution in [1.29, 1.82) is 0 Å². The van der Waals surface area contributed by atoms with Gasteiger partial charge < -0.3 is 10.4 Å². The molecule has 0 aliphatic rings. The summed E-state index contributed by atoms with van der Waals surface area (Å²) >= 11 is 0. The fourth-order valence-corrected chi connectivity index (χ4v) is 2.69. The van der Waals surface area contributed by atoms with E-state index in [0.717, 1.165) is 11.4 Å². The molecule has 106 valence electrons. The molecular formula is C14H16N2O3S. The van der Waals surface area contributed by atoms with E-state index in [0.29, 0.717) is 0 Å². The number of nitrogens with one attached hydrogen (secondary N) is 2. The Morgan fingerprint density at radius 2 is 1.50 bits per heavy atom. The van der Waals surface area contributed by atoms with Crippen LogP contribution in [0.3, 0.4) is 0 Å². The number of anilines is 2. The second-order valence-electron chi connectivity index (χ2n) is 4.14. The second kappa shape index (κ2) is 6.51. The SMILES string of the molecule is O=S(=O)(NCCO)c1ccc(Nc2ccccc2)cc1. The monoisotopic (exact) mass is 292 g/mol. The molecule has 0 atom stereocenters. The number of sulfonamides is 1. The van der Waals surface area contributed by atoms with Crippen molar-refractivity contribution in [2.75, 3.05) is 18.5 Å². The topological polar surface area (TPSA) is 78.4 Å². The fourth-order valence-electron chi connectivity index (χ4n) is 1.67. The number of benzene rings is 2. The zero-order chi connectivity index (χ0) is 14.4. The van der Waals surface area contributed by atoms with Gasteiger partial charge >= 0.3 is 0 Å². The minimum Gasteiger partial charge on any atom is -0.395 e. The Morgan fingerprint density at radius 3 is 2.10 bits per heavy atom. The minimum atomic E-state index is -3.55. The normalized spacial score (nSPS) is 11.2. The van der Waals surface area contributed by atoms with Crippen LogP contribution in [0.25, 0.3) is 0 Å². The van der Waals surface area contributed by atoms with Gasteiger partial charge in [0.25, 0.3) is 0 Å². The van der Waals surface area contributed by atoms with Crippen LogP contribution in [0, 0.1) is 0 Å². The van der Waals surface area contributed by atoms with E-state index in [1.807, 2.05) is 30.3 Å². The maximum atomic E-state index is 11.8. The third-order valence-corrected chi connectivity index (χ3v) is 4.11. The molecule has 2 rings (SSSR count). The van der Waals surface area contributed by atoms with Crippen molar-refractivity contribution in [1.82, 2.24) is 4.72 Å². The Hall–Kier alpha value is -1.89. The first-order chi connectivity index (χ1) is 9.62. The van der Waals surface area contributed by atoms with Gasteiger partial charge in [0, 0.05) is 17.9 Å². The zero-order valence-electron chi connectivity index (χ0n) is 10.8. The lowest BCUT2D eigenvalue weighted by molar-refractivity contribution is 0.301. The van der Waals surface area contributed by atoms with E-state index < -0.39 is 10.0 Å². The van der Waals surface area contributed by atoms with Gasteiger partial charge in [-0.2, -0.15) is 0 Å². The minimum absolute atomic E-state index is 0.00630. The average Bonchev–Trinajstić information content (AvgIpc) is 2.47. The fraction of sp³-hybridized carbons (Fsp3) is 0.143. The van der Waals surface area contributed by atoms with Crippen LogP contribution < -0.4 is 10.0 Å². The molecule has 0 aromatic heterocycles. The number of aliphatic hydroxyl groups is 1. The van der Waals surface area contributed by atoms with Crippen LogP contribution >= 0.6 is 0 Å². The highest BCUT2D eigenvalue weighted by Crippen LogP contribution is 2.18. The second-order valence-corrected chi connectivity index (χ2v) is 5.90. The Bertz CT molecular complexity index is 640. The Balaban J connectivity index is 2.10. The smallest absolute Gasteiger partial charge is 0.240 e. The van der Waals surface area contributed by atoms with Crippen LogP contribution in [0.15, 0.2) is 59.5 Å². The van der Waals surface area contributed by atoms with E-state index >= 15 is 0 Å². The van der Waals surface area contributed by atoms with Gasteiger partial charge in [-0.3, -0.25) is 0 Å². The number of aliphatic hydroxyl groups excluding tert-OH is 1. The van der Waals surface area contributed by atoms with Crippen LogP contribution in [0.5, 0.6) is 0 Å². The number of hydrogen-bond acceptors (Lipinski definition) is 4. The molecule has 0 aliphatic heterocycles. The summed E-state index contributed by atoms with van der Waals surface area (Å²) in [7, 11) is -3.55. The van der Waals surface area contributed by atoms with E-state index in [1.165, 1.54) is 12.1 Å². The molecule has 0 spiro atoms. The summed E-state index contributed by atoms with van der Waals surface area (Å²) in [6.07, 6.45) is 0. The van der Waals surface area contributed by atoms with Crippen molar-refractivity contribution >= 4 is 21.4 Å². The molecule has 0 fully saturated rings. The molecule has 0 heterocycles. The molecule has 0 amide bonds. The quantitative estimate of drug-likeness (QED) is 0.757. The Morgan fingerprint density at radius 1 is 0.900 bits per heavy atom. The first kappa shape index (κ1) is 14.5. The molecule has 3 N–H and O–H groups in total. The molecule has 0 saturated heterocycles. The molecule has 2 aromatic rings. The maximum absolute atomic E-state index is 11.8. The summed E-state index contributed by atoms with van der Waals surface area (Å²) < 4.78 is 25.9. The molecule has 0 aliphatic carbocycles. The third kappa shape index (κ3) is 3.80. The van der Waals surface area contributed by atoms with Crippen LogP contribution in [0.4, 0.5) is 11.4 Å². The lowest BCUT2D eigenvalue weighted by Crippen LogP contribution is -2.26. The molecule has 0 unspecified atom stereocenters. The highest BCUT2D eigenvalue weighted by Gasteiger charge is 2.12. The van der Waals surface area contributed by atoms with Crippen LogP contribution in [-0.2, 0) is 10.0 Å². The van der Waals surface area contributed by atoms with Gasteiger partial charge in [0.2, 0.25) is 10.0 Å². The summed E-state index contributed by atoms with van der Waals surface area (Å²) in [6, 6.07) is 16.0. The lowest BCUT2D eigenvalue weighted by atomic mass is 10.3. The van der Waals surface area contributed by atoms with Crippen molar-refractivity contribution in [3.63, 3.8) is 0 Å². The van der Waals surface area contributed by atoms with Crippen LogP contribution in [0.1, 0.15) is 0 Å². The summed E-state index contributed by atoms with van der Waals surface area (Å²) in [4.78, 5) is 0.171. The predicted octanol–water partition coefficient (Wildman–Crippen LogP) is 1.70. The van der Waals surface area contributed by atoms with E-state index in [9.17, 15) is 8.42 Å². The van der Waals surface area contributed by atoms with E-state index in [1.54, 1.807) is 12.1 Å². The first-order valence-corrected chi connectivity index (χ1v) is 7.63. The summed E-state index contributed by atoms with van der Waals surface area (Å²) in [6.45, 7) is -0.223. The van der Waals surface area contributed by atoms with E-state index in [2.05, 4.69) is 10.0 Å². The Kier molecular flexibility index (Phi) is 4.73. The van der Waals surface area contributed by atoms with Gasteiger partial charge in [0.1, 0.15) is 0 Å². The van der Waals surface area contributed by atoms with Crippen molar-refractivity contribution in [2.24, 2.45) is 0 Å². The number of para-hydroxylation sites is 1. The molecule has 20 heavy (non-hydrogen) atoms. The summed E-state index contributed by atoms with van der Waals surface area (Å²) in [5.74, 6) is 0. The van der Waals surface area contributed by atoms with Gasteiger partial charge in [-0.05, 0) is 36.4 Å². The standard InChI is InChI=1S/C14H16N2O3S/c17-11-10-15-20(18,19)14-8-6-13(7-9-14)16-12-4-2-1-3-5-12/h1-9,15-17H,10-11H2. The molecule has 5 nitrogen and oxygen atoms in total. The Labute approximate surface area is 118 Å². The zero-order valence-corrected chi connectivity index (χ0v) is 11.6. The van der Waals surface area contributed by atoms with Gasteiger partial charge in [0.05, 0.1) is 11.5 Å². The highest BCUT2D eigenvalue weighted by atomic mass is 32.2. The average molecular weight is 292 g/mol. The van der Waals surface area contributed by atoms with Crippen molar-refractivity contribution in [3.05, 3.63) is 54.6 Å². The van der Waals surface area contributed by atoms with Crippen molar-refractivity contribution in [2.45, 2.75) is 4.90 Å². The molecular weight excluding hydrogens is 276 g/mol. The van der Waals surface area contributed by atoms with Crippen molar-refractivity contribution in [3.8, 4) is 0 Å². The molecule has 0 saturated carbocycles.